The van der Waals surface area contributed by atoms with Gasteiger partial charge in [0.1, 0.15) is 5.75 Å². The molecule has 1 N–H and O–H groups in total. The maximum Gasteiger partial charge on any atom is 0.264 e. The molecule has 192 valence electrons. The summed E-state index contributed by atoms with van der Waals surface area (Å²) in [4.78, 5) is 13.0. The van der Waals surface area contributed by atoms with E-state index in [1.165, 1.54) is 33.4 Å². The third-order valence-electron chi connectivity index (χ3n) is 6.04. The summed E-state index contributed by atoms with van der Waals surface area (Å²) in [7, 11) is 2.15. The number of amides is 1. The third kappa shape index (κ3) is 5.57. The molecule has 8 nitrogen and oxygen atoms in total. The first-order valence-electron chi connectivity index (χ1n) is 11.4. The number of aryl methyl sites for hydroxylation is 1. The van der Waals surface area contributed by atoms with Crippen molar-refractivity contribution < 1.29 is 27.4 Å². The Balaban J connectivity index is 1.77. The van der Waals surface area contributed by atoms with Gasteiger partial charge in [-0.05, 0) is 66.9 Å². The number of carbonyl (C=O) groups excluding carboxylic acids is 1. The van der Waals surface area contributed by atoms with E-state index in [4.69, 9.17) is 14.2 Å². The standard InChI is InChI=1S/C27H32N2O6S/c1-7-23(20-10-14-24(33-4)18(2)16-20)28-27(30)19-8-11-21(12-9-19)29(3)36(31,32)22-13-15-25(34-5)26(17-22)35-6/h8-17,23H,7H2,1-6H3,(H,28,30). The first-order valence-corrected chi connectivity index (χ1v) is 12.9. The summed E-state index contributed by atoms with van der Waals surface area (Å²) >= 11 is 0. The smallest absolute Gasteiger partial charge is 0.264 e. The lowest BCUT2D eigenvalue weighted by Gasteiger charge is -2.21. The summed E-state index contributed by atoms with van der Waals surface area (Å²) in [5.41, 5.74) is 2.82. The summed E-state index contributed by atoms with van der Waals surface area (Å²) in [5, 5.41) is 3.05. The number of sulfonamides is 1. The summed E-state index contributed by atoms with van der Waals surface area (Å²) < 4.78 is 43.2. The van der Waals surface area contributed by atoms with Crippen LogP contribution in [0.5, 0.6) is 17.2 Å². The number of hydrogen-bond donors (Lipinski definition) is 1. The van der Waals surface area contributed by atoms with Gasteiger partial charge in [0.05, 0.1) is 38.0 Å². The van der Waals surface area contributed by atoms with Gasteiger partial charge < -0.3 is 19.5 Å². The maximum absolute atomic E-state index is 13.2. The molecular formula is C27H32N2O6S. The van der Waals surface area contributed by atoms with E-state index in [0.717, 1.165) is 21.2 Å². The van der Waals surface area contributed by atoms with Crippen molar-refractivity contribution in [3.8, 4) is 17.2 Å². The van der Waals surface area contributed by atoms with Crippen LogP contribution in [0, 0.1) is 6.92 Å². The van der Waals surface area contributed by atoms with Crippen LogP contribution in [0.1, 0.15) is 40.9 Å². The second-order valence-electron chi connectivity index (χ2n) is 8.20. The van der Waals surface area contributed by atoms with E-state index in [1.54, 1.807) is 37.4 Å². The highest BCUT2D eigenvalue weighted by atomic mass is 32.2. The molecule has 9 heteroatoms. The van der Waals surface area contributed by atoms with E-state index >= 15 is 0 Å². The van der Waals surface area contributed by atoms with Gasteiger partial charge in [-0.3, -0.25) is 9.10 Å². The Morgan fingerprint density at radius 3 is 2.06 bits per heavy atom. The predicted molar refractivity (Wildman–Crippen MR) is 140 cm³/mol. The Morgan fingerprint density at radius 2 is 1.50 bits per heavy atom. The minimum Gasteiger partial charge on any atom is -0.496 e. The lowest BCUT2D eigenvalue weighted by Crippen LogP contribution is -2.29. The zero-order valence-electron chi connectivity index (χ0n) is 21.4. The second kappa shape index (κ2) is 11.3. The molecule has 0 aromatic heterocycles. The lowest BCUT2D eigenvalue weighted by atomic mass is 10.0. The molecule has 36 heavy (non-hydrogen) atoms. The zero-order chi connectivity index (χ0) is 26.5. The normalized spacial score (nSPS) is 11.9. The summed E-state index contributed by atoms with van der Waals surface area (Å²) in [6.45, 7) is 3.96. The van der Waals surface area contributed by atoms with Crippen LogP contribution in [0.25, 0.3) is 0 Å². The molecule has 0 spiro atoms. The highest BCUT2D eigenvalue weighted by Gasteiger charge is 2.23. The molecule has 3 rings (SSSR count). The number of nitrogens with zero attached hydrogens (tertiary/aromatic N) is 1. The van der Waals surface area contributed by atoms with Crippen molar-refractivity contribution in [1.82, 2.24) is 5.32 Å². The number of nitrogens with one attached hydrogen (secondary N) is 1. The Bertz CT molecular complexity index is 1320. The Kier molecular flexibility index (Phi) is 8.47. The van der Waals surface area contributed by atoms with Crippen LogP contribution >= 0.6 is 0 Å². The number of ether oxygens (including phenoxy) is 3. The molecule has 1 unspecified atom stereocenters. The van der Waals surface area contributed by atoms with Gasteiger partial charge in [0.2, 0.25) is 0 Å². The molecule has 1 amide bonds. The Morgan fingerprint density at radius 1 is 0.889 bits per heavy atom. The topological polar surface area (TPSA) is 94.2 Å². The van der Waals surface area contributed by atoms with Crippen molar-refractivity contribution in [3.63, 3.8) is 0 Å². The molecule has 0 saturated carbocycles. The number of hydrogen-bond acceptors (Lipinski definition) is 6. The molecule has 3 aromatic rings. The third-order valence-corrected chi connectivity index (χ3v) is 7.82. The van der Waals surface area contributed by atoms with Gasteiger partial charge in [0.25, 0.3) is 15.9 Å². The van der Waals surface area contributed by atoms with Crippen molar-refractivity contribution in [2.45, 2.75) is 31.2 Å². The molecule has 0 saturated heterocycles. The van der Waals surface area contributed by atoms with Crippen LogP contribution in [0.15, 0.2) is 65.6 Å². The maximum atomic E-state index is 13.2. The van der Waals surface area contributed by atoms with Crippen molar-refractivity contribution in [2.24, 2.45) is 0 Å². The quantitative estimate of drug-likeness (QED) is 0.422. The van der Waals surface area contributed by atoms with Gasteiger partial charge in [0, 0.05) is 18.7 Å². The van der Waals surface area contributed by atoms with Crippen LogP contribution in [-0.4, -0.2) is 42.7 Å². The van der Waals surface area contributed by atoms with E-state index in [9.17, 15) is 13.2 Å². The van der Waals surface area contributed by atoms with Crippen LogP contribution in [0.2, 0.25) is 0 Å². The number of methoxy groups -OCH3 is 3. The van der Waals surface area contributed by atoms with Gasteiger partial charge in [-0.25, -0.2) is 8.42 Å². The largest absolute Gasteiger partial charge is 0.496 e. The molecule has 0 radical (unpaired) electrons. The van der Waals surface area contributed by atoms with Gasteiger partial charge >= 0.3 is 0 Å². The molecule has 0 heterocycles. The lowest BCUT2D eigenvalue weighted by molar-refractivity contribution is 0.0935. The second-order valence-corrected chi connectivity index (χ2v) is 10.2. The fourth-order valence-electron chi connectivity index (χ4n) is 3.88. The summed E-state index contributed by atoms with van der Waals surface area (Å²) in [5.74, 6) is 1.30. The molecule has 0 aliphatic carbocycles. The van der Waals surface area contributed by atoms with E-state index in [-0.39, 0.29) is 16.8 Å². The van der Waals surface area contributed by atoms with Crippen LogP contribution < -0.4 is 23.8 Å². The zero-order valence-corrected chi connectivity index (χ0v) is 22.2. The Hall–Kier alpha value is -3.72. The Labute approximate surface area is 212 Å². The van der Waals surface area contributed by atoms with Crippen molar-refractivity contribution in [1.29, 1.82) is 0 Å². The minimum atomic E-state index is -3.86. The minimum absolute atomic E-state index is 0.0602. The molecular weight excluding hydrogens is 480 g/mol. The predicted octanol–water partition coefficient (Wildman–Crippen LogP) is 4.73. The van der Waals surface area contributed by atoms with Gasteiger partial charge in [-0.2, -0.15) is 0 Å². The molecule has 0 fully saturated rings. The van der Waals surface area contributed by atoms with Crippen molar-refractivity contribution in [3.05, 3.63) is 77.4 Å². The van der Waals surface area contributed by atoms with Crippen molar-refractivity contribution >= 4 is 21.6 Å². The van der Waals surface area contributed by atoms with E-state index < -0.39 is 10.0 Å². The monoisotopic (exact) mass is 512 g/mol. The molecule has 0 bridgehead atoms. The molecule has 0 aliphatic heterocycles. The highest BCUT2D eigenvalue weighted by molar-refractivity contribution is 7.92. The average molecular weight is 513 g/mol. The van der Waals surface area contributed by atoms with E-state index in [0.29, 0.717) is 29.2 Å². The number of rotatable bonds is 10. The average Bonchev–Trinajstić information content (AvgIpc) is 2.90. The van der Waals surface area contributed by atoms with Crippen LogP contribution in [0.4, 0.5) is 5.69 Å². The number of carbonyl (C=O) groups is 1. The first-order chi connectivity index (χ1) is 17.2. The SMILES string of the molecule is CCC(NC(=O)c1ccc(N(C)S(=O)(=O)c2ccc(OC)c(OC)c2)cc1)c1ccc(OC)c(C)c1. The van der Waals surface area contributed by atoms with E-state index in [1.807, 2.05) is 32.0 Å². The summed E-state index contributed by atoms with van der Waals surface area (Å²) in [6, 6.07) is 16.5. The number of anilines is 1. The van der Waals surface area contributed by atoms with E-state index in [2.05, 4.69) is 5.32 Å². The number of benzene rings is 3. The van der Waals surface area contributed by atoms with Gasteiger partial charge in [-0.1, -0.05) is 19.1 Å². The molecule has 1 atom stereocenters. The van der Waals surface area contributed by atoms with Crippen LogP contribution in [-0.2, 0) is 10.0 Å². The highest BCUT2D eigenvalue weighted by Crippen LogP contribution is 2.32. The fraction of sp³-hybridized carbons (Fsp3) is 0.296. The van der Waals surface area contributed by atoms with Crippen molar-refractivity contribution in [2.75, 3.05) is 32.7 Å². The molecule has 0 aliphatic rings. The fourth-order valence-corrected chi connectivity index (χ4v) is 5.09. The van der Waals surface area contributed by atoms with Crippen LogP contribution in [0.3, 0.4) is 0 Å². The van der Waals surface area contributed by atoms with Gasteiger partial charge in [-0.15, -0.1) is 0 Å². The molecule has 3 aromatic carbocycles. The summed E-state index contributed by atoms with van der Waals surface area (Å²) in [6.07, 6.45) is 0.710. The van der Waals surface area contributed by atoms with Gasteiger partial charge in [0.15, 0.2) is 11.5 Å². The first kappa shape index (κ1) is 26.9.